The van der Waals surface area contributed by atoms with Gasteiger partial charge in [0.05, 0.1) is 6.07 Å². The van der Waals surface area contributed by atoms with Crippen molar-refractivity contribution in [1.82, 2.24) is 10.2 Å². The van der Waals surface area contributed by atoms with Crippen LogP contribution in [0.2, 0.25) is 0 Å². The number of nitriles is 1. The molecule has 0 bridgehead atoms. The van der Waals surface area contributed by atoms with Crippen LogP contribution in [0.3, 0.4) is 0 Å². The SMILES string of the molecule is CCCN(CC1CC1)C1CCCC(C#N)(NCC)C1. The Morgan fingerprint density at radius 2 is 2.11 bits per heavy atom. The molecule has 0 amide bonds. The number of rotatable bonds is 7. The van der Waals surface area contributed by atoms with Crippen LogP contribution in [-0.2, 0) is 0 Å². The molecule has 0 saturated heterocycles. The summed E-state index contributed by atoms with van der Waals surface area (Å²) in [7, 11) is 0. The average Bonchev–Trinajstić information content (AvgIpc) is 3.23. The second-order valence-electron chi connectivity index (χ2n) is 6.41. The highest BCUT2D eigenvalue weighted by Crippen LogP contribution is 2.35. The molecule has 0 heterocycles. The standard InChI is InChI=1S/C16H29N3/c1-3-10-19(12-14-7-8-14)15-6-5-9-16(11-15,13-17)18-4-2/h14-15,18H,3-12H2,1-2H3. The monoisotopic (exact) mass is 263 g/mol. The highest BCUT2D eigenvalue weighted by atomic mass is 15.2. The number of hydrogen-bond donors (Lipinski definition) is 1. The largest absolute Gasteiger partial charge is 0.300 e. The van der Waals surface area contributed by atoms with Gasteiger partial charge in [-0.2, -0.15) is 5.26 Å². The molecule has 2 atom stereocenters. The highest BCUT2D eigenvalue weighted by Gasteiger charge is 2.38. The molecule has 2 unspecified atom stereocenters. The fourth-order valence-corrected chi connectivity index (χ4v) is 3.54. The molecule has 0 aromatic heterocycles. The fourth-order valence-electron chi connectivity index (χ4n) is 3.54. The Bertz CT molecular complexity index is 314. The van der Waals surface area contributed by atoms with Crippen molar-refractivity contribution >= 4 is 0 Å². The first-order valence-corrected chi connectivity index (χ1v) is 8.13. The van der Waals surface area contributed by atoms with Crippen molar-refractivity contribution in [3.05, 3.63) is 0 Å². The van der Waals surface area contributed by atoms with E-state index in [9.17, 15) is 5.26 Å². The molecule has 0 radical (unpaired) electrons. The van der Waals surface area contributed by atoms with E-state index in [-0.39, 0.29) is 5.54 Å². The van der Waals surface area contributed by atoms with E-state index in [1.54, 1.807) is 0 Å². The van der Waals surface area contributed by atoms with Gasteiger partial charge in [-0.05, 0) is 64.0 Å². The molecule has 2 saturated carbocycles. The van der Waals surface area contributed by atoms with Crippen LogP contribution in [0.4, 0.5) is 0 Å². The van der Waals surface area contributed by atoms with Gasteiger partial charge >= 0.3 is 0 Å². The molecule has 2 fully saturated rings. The lowest BCUT2D eigenvalue weighted by Crippen LogP contribution is -2.53. The van der Waals surface area contributed by atoms with E-state index in [2.05, 4.69) is 30.1 Å². The molecule has 2 rings (SSSR count). The van der Waals surface area contributed by atoms with Crippen LogP contribution in [0.5, 0.6) is 0 Å². The van der Waals surface area contributed by atoms with Crippen molar-refractivity contribution in [2.45, 2.75) is 70.4 Å². The summed E-state index contributed by atoms with van der Waals surface area (Å²) in [6.45, 7) is 7.75. The predicted molar refractivity (Wildman–Crippen MR) is 78.9 cm³/mol. The second kappa shape index (κ2) is 6.72. The topological polar surface area (TPSA) is 39.1 Å². The summed E-state index contributed by atoms with van der Waals surface area (Å²) in [4.78, 5) is 2.68. The summed E-state index contributed by atoms with van der Waals surface area (Å²) < 4.78 is 0. The zero-order valence-corrected chi connectivity index (χ0v) is 12.6. The van der Waals surface area contributed by atoms with Gasteiger partial charge in [0.2, 0.25) is 0 Å². The highest BCUT2D eigenvalue weighted by molar-refractivity contribution is 5.11. The van der Waals surface area contributed by atoms with Gasteiger partial charge < -0.3 is 4.90 Å². The zero-order chi connectivity index (χ0) is 13.7. The smallest absolute Gasteiger partial charge is 0.108 e. The Morgan fingerprint density at radius 3 is 2.68 bits per heavy atom. The van der Waals surface area contributed by atoms with E-state index >= 15 is 0 Å². The lowest BCUT2D eigenvalue weighted by molar-refractivity contribution is 0.115. The summed E-state index contributed by atoms with van der Waals surface area (Å²) in [5.41, 5.74) is -0.257. The maximum atomic E-state index is 9.57. The number of nitrogens with one attached hydrogen (secondary N) is 1. The molecule has 108 valence electrons. The van der Waals surface area contributed by atoms with Gasteiger partial charge in [0.15, 0.2) is 0 Å². The summed E-state index contributed by atoms with van der Waals surface area (Å²) in [6.07, 6.45) is 8.58. The zero-order valence-electron chi connectivity index (χ0n) is 12.6. The summed E-state index contributed by atoms with van der Waals surface area (Å²) in [5.74, 6) is 0.948. The molecular weight excluding hydrogens is 234 g/mol. The summed E-state index contributed by atoms with van der Waals surface area (Å²) in [6, 6.07) is 3.19. The van der Waals surface area contributed by atoms with Gasteiger partial charge in [-0.3, -0.25) is 5.32 Å². The van der Waals surface area contributed by atoms with Gasteiger partial charge in [0, 0.05) is 12.6 Å². The van der Waals surface area contributed by atoms with E-state index in [0.29, 0.717) is 6.04 Å². The molecule has 3 heteroatoms. The normalized spacial score (nSPS) is 31.4. The van der Waals surface area contributed by atoms with Gasteiger partial charge in [-0.1, -0.05) is 13.8 Å². The van der Waals surface area contributed by atoms with Crippen LogP contribution in [-0.4, -0.2) is 36.1 Å². The van der Waals surface area contributed by atoms with Crippen LogP contribution in [0, 0.1) is 17.2 Å². The third kappa shape index (κ3) is 3.94. The van der Waals surface area contributed by atoms with E-state index in [0.717, 1.165) is 25.3 Å². The van der Waals surface area contributed by atoms with Crippen LogP contribution in [0.15, 0.2) is 0 Å². The Labute approximate surface area is 118 Å². The molecular formula is C16H29N3. The van der Waals surface area contributed by atoms with Crippen molar-refractivity contribution in [3.8, 4) is 6.07 Å². The maximum Gasteiger partial charge on any atom is 0.108 e. The Balaban J connectivity index is 1.98. The van der Waals surface area contributed by atoms with Crippen molar-refractivity contribution in [1.29, 1.82) is 5.26 Å². The van der Waals surface area contributed by atoms with Crippen molar-refractivity contribution in [2.75, 3.05) is 19.6 Å². The third-order valence-electron chi connectivity index (χ3n) is 4.67. The average molecular weight is 263 g/mol. The van der Waals surface area contributed by atoms with E-state index < -0.39 is 0 Å². The molecule has 0 aliphatic heterocycles. The minimum atomic E-state index is -0.257. The van der Waals surface area contributed by atoms with Crippen LogP contribution in [0.1, 0.15) is 58.8 Å². The first-order valence-electron chi connectivity index (χ1n) is 8.13. The second-order valence-corrected chi connectivity index (χ2v) is 6.41. The fraction of sp³-hybridized carbons (Fsp3) is 0.938. The number of hydrogen-bond acceptors (Lipinski definition) is 3. The van der Waals surface area contributed by atoms with Crippen molar-refractivity contribution in [2.24, 2.45) is 5.92 Å². The molecule has 0 spiro atoms. The maximum absolute atomic E-state index is 9.57. The summed E-state index contributed by atoms with van der Waals surface area (Å²) >= 11 is 0. The minimum Gasteiger partial charge on any atom is -0.300 e. The molecule has 0 aromatic carbocycles. The molecule has 19 heavy (non-hydrogen) atoms. The molecule has 2 aliphatic carbocycles. The Morgan fingerprint density at radius 1 is 1.32 bits per heavy atom. The van der Waals surface area contributed by atoms with Crippen molar-refractivity contribution in [3.63, 3.8) is 0 Å². The van der Waals surface area contributed by atoms with Gasteiger partial charge in [0.1, 0.15) is 5.54 Å². The van der Waals surface area contributed by atoms with Gasteiger partial charge in [-0.25, -0.2) is 0 Å². The van der Waals surface area contributed by atoms with Gasteiger partial charge in [0.25, 0.3) is 0 Å². The first-order chi connectivity index (χ1) is 9.23. The predicted octanol–water partition coefficient (Wildman–Crippen LogP) is 2.92. The van der Waals surface area contributed by atoms with E-state index in [4.69, 9.17) is 0 Å². The van der Waals surface area contributed by atoms with Crippen LogP contribution in [0.25, 0.3) is 0 Å². The van der Waals surface area contributed by atoms with Crippen LogP contribution < -0.4 is 5.32 Å². The number of nitrogens with zero attached hydrogens (tertiary/aromatic N) is 2. The Hall–Kier alpha value is -0.590. The Kier molecular flexibility index (Phi) is 5.24. The van der Waals surface area contributed by atoms with Crippen LogP contribution >= 0.6 is 0 Å². The molecule has 0 aromatic rings. The molecule has 1 N–H and O–H groups in total. The van der Waals surface area contributed by atoms with Crippen molar-refractivity contribution < 1.29 is 0 Å². The molecule has 2 aliphatic rings. The van der Waals surface area contributed by atoms with Gasteiger partial charge in [-0.15, -0.1) is 0 Å². The summed E-state index contributed by atoms with van der Waals surface area (Å²) in [5, 5.41) is 13.0. The quantitative estimate of drug-likeness (QED) is 0.767. The first kappa shape index (κ1) is 14.8. The lowest BCUT2D eigenvalue weighted by atomic mass is 9.79. The lowest BCUT2D eigenvalue weighted by Gasteiger charge is -2.41. The third-order valence-corrected chi connectivity index (χ3v) is 4.67. The minimum absolute atomic E-state index is 0.257. The van der Waals surface area contributed by atoms with E-state index in [1.807, 2.05) is 0 Å². The molecule has 3 nitrogen and oxygen atoms in total. The van der Waals surface area contributed by atoms with E-state index in [1.165, 1.54) is 45.2 Å².